The van der Waals surface area contributed by atoms with Crippen molar-refractivity contribution in [3.63, 3.8) is 0 Å². The monoisotopic (exact) mass is 276 g/mol. The molecule has 4 saturated carbocycles. The summed E-state index contributed by atoms with van der Waals surface area (Å²) in [5.41, 5.74) is 0.334. The summed E-state index contributed by atoms with van der Waals surface area (Å²) in [6.07, 6.45) is 12.1. The van der Waals surface area contributed by atoms with Crippen molar-refractivity contribution in [1.82, 2.24) is 10.2 Å². The van der Waals surface area contributed by atoms with Gasteiger partial charge in [0.25, 0.3) is 0 Å². The molecule has 1 N–H and O–H groups in total. The molecule has 5 fully saturated rings. The summed E-state index contributed by atoms with van der Waals surface area (Å²) < 4.78 is 0. The fraction of sp³-hybridized carbons (Fsp3) is 0.941. The SMILES string of the molecule is O=C(CNC12CC3CC(CC(C3)C1)C2)N1CCCCC1. The van der Waals surface area contributed by atoms with Crippen LogP contribution in [-0.4, -0.2) is 36.0 Å². The van der Waals surface area contributed by atoms with E-state index in [2.05, 4.69) is 10.2 Å². The van der Waals surface area contributed by atoms with Crippen molar-refractivity contribution in [2.75, 3.05) is 19.6 Å². The predicted octanol–water partition coefficient (Wildman–Crippen LogP) is 2.56. The number of amides is 1. The van der Waals surface area contributed by atoms with Gasteiger partial charge in [0.2, 0.25) is 5.91 Å². The molecule has 1 amide bonds. The van der Waals surface area contributed by atoms with Crippen LogP contribution in [0.15, 0.2) is 0 Å². The topological polar surface area (TPSA) is 32.3 Å². The number of likely N-dealkylation sites (tertiary alicyclic amines) is 1. The second-order valence-corrected chi connectivity index (χ2v) is 7.99. The standard InChI is InChI=1S/C17H28N2O/c20-16(19-4-2-1-3-5-19)12-18-17-9-13-6-14(10-17)8-15(7-13)11-17/h13-15,18H,1-12H2. The molecule has 0 unspecified atom stereocenters. The second-order valence-electron chi connectivity index (χ2n) is 7.99. The number of hydrogen-bond acceptors (Lipinski definition) is 2. The summed E-state index contributed by atoms with van der Waals surface area (Å²) in [7, 11) is 0. The summed E-state index contributed by atoms with van der Waals surface area (Å²) in [5.74, 6) is 3.22. The first kappa shape index (κ1) is 13.1. The van der Waals surface area contributed by atoms with Gasteiger partial charge in [0.1, 0.15) is 0 Å². The summed E-state index contributed by atoms with van der Waals surface area (Å²) in [6.45, 7) is 2.56. The first-order valence-electron chi connectivity index (χ1n) is 8.75. The summed E-state index contributed by atoms with van der Waals surface area (Å²) in [6, 6.07) is 0. The van der Waals surface area contributed by atoms with Crippen LogP contribution in [0.1, 0.15) is 57.8 Å². The number of piperidine rings is 1. The largest absolute Gasteiger partial charge is 0.342 e. The molecule has 1 saturated heterocycles. The van der Waals surface area contributed by atoms with E-state index in [1.54, 1.807) is 0 Å². The number of hydrogen-bond donors (Lipinski definition) is 1. The maximum Gasteiger partial charge on any atom is 0.236 e. The third-order valence-electron chi connectivity index (χ3n) is 6.36. The van der Waals surface area contributed by atoms with E-state index in [-0.39, 0.29) is 0 Å². The molecule has 0 radical (unpaired) electrons. The highest BCUT2D eigenvalue weighted by molar-refractivity contribution is 5.78. The quantitative estimate of drug-likeness (QED) is 0.859. The number of carbonyl (C=O) groups is 1. The van der Waals surface area contributed by atoms with Crippen LogP contribution in [-0.2, 0) is 4.79 Å². The van der Waals surface area contributed by atoms with Gasteiger partial charge in [-0.15, -0.1) is 0 Å². The van der Waals surface area contributed by atoms with Crippen molar-refractivity contribution < 1.29 is 4.79 Å². The molecular formula is C17H28N2O. The first-order chi connectivity index (χ1) is 9.72. The predicted molar refractivity (Wildman–Crippen MR) is 79.3 cm³/mol. The summed E-state index contributed by atoms with van der Waals surface area (Å²) in [4.78, 5) is 14.4. The van der Waals surface area contributed by atoms with E-state index in [9.17, 15) is 4.79 Å². The molecule has 0 spiro atoms. The number of nitrogens with zero attached hydrogens (tertiary/aromatic N) is 1. The van der Waals surface area contributed by atoms with Crippen LogP contribution in [0.2, 0.25) is 0 Å². The lowest BCUT2D eigenvalue weighted by Gasteiger charge is -2.57. The Hall–Kier alpha value is -0.570. The highest BCUT2D eigenvalue weighted by Gasteiger charge is 2.50. The Morgan fingerprint density at radius 3 is 2.05 bits per heavy atom. The van der Waals surface area contributed by atoms with E-state index >= 15 is 0 Å². The molecule has 112 valence electrons. The minimum Gasteiger partial charge on any atom is -0.342 e. The molecule has 0 atom stereocenters. The summed E-state index contributed by atoms with van der Waals surface area (Å²) in [5, 5.41) is 3.73. The lowest BCUT2D eigenvalue weighted by molar-refractivity contribution is -0.132. The third-order valence-corrected chi connectivity index (χ3v) is 6.36. The molecule has 5 aliphatic rings. The molecule has 4 aliphatic carbocycles. The van der Waals surface area contributed by atoms with E-state index < -0.39 is 0 Å². The van der Waals surface area contributed by atoms with Crippen LogP contribution >= 0.6 is 0 Å². The fourth-order valence-electron chi connectivity index (χ4n) is 5.85. The number of rotatable bonds is 3. The van der Waals surface area contributed by atoms with Gasteiger partial charge in [0.15, 0.2) is 0 Å². The number of nitrogens with one attached hydrogen (secondary N) is 1. The van der Waals surface area contributed by atoms with Gasteiger partial charge < -0.3 is 10.2 Å². The van der Waals surface area contributed by atoms with Crippen molar-refractivity contribution in [3.05, 3.63) is 0 Å². The maximum absolute atomic E-state index is 12.4. The zero-order chi connectivity index (χ0) is 13.6. The minimum atomic E-state index is 0.334. The van der Waals surface area contributed by atoms with Crippen molar-refractivity contribution in [1.29, 1.82) is 0 Å². The Balaban J connectivity index is 1.36. The molecule has 3 heteroatoms. The van der Waals surface area contributed by atoms with Crippen molar-refractivity contribution >= 4 is 5.91 Å². The van der Waals surface area contributed by atoms with E-state index in [1.165, 1.54) is 57.8 Å². The van der Waals surface area contributed by atoms with Crippen molar-refractivity contribution in [2.24, 2.45) is 17.8 Å². The first-order valence-corrected chi connectivity index (χ1v) is 8.75. The molecule has 4 bridgehead atoms. The van der Waals surface area contributed by atoms with Crippen LogP contribution in [0.5, 0.6) is 0 Å². The Kier molecular flexibility index (Phi) is 3.29. The van der Waals surface area contributed by atoms with Crippen LogP contribution in [0.3, 0.4) is 0 Å². The highest BCUT2D eigenvalue weighted by atomic mass is 16.2. The van der Waals surface area contributed by atoms with Crippen LogP contribution in [0, 0.1) is 17.8 Å². The Morgan fingerprint density at radius 2 is 1.50 bits per heavy atom. The van der Waals surface area contributed by atoms with E-state index in [4.69, 9.17) is 0 Å². The van der Waals surface area contributed by atoms with Gasteiger partial charge in [-0.3, -0.25) is 4.79 Å². The number of carbonyl (C=O) groups excluding carboxylic acids is 1. The van der Waals surface area contributed by atoms with Gasteiger partial charge in [0, 0.05) is 18.6 Å². The van der Waals surface area contributed by atoms with Crippen LogP contribution in [0.25, 0.3) is 0 Å². The molecule has 1 aliphatic heterocycles. The average Bonchev–Trinajstić information content (AvgIpc) is 2.44. The Labute approximate surface area is 122 Å². The molecule has 3 nitrogen and oxygen atoms in total. The molecule has 5 rings (SSSR count). The van der Waals surface area contributed by atoms with E-state index in [0.29, 0.717) is 18.0 Å². The zero-order valence-corrected chi connectivity index (χ0v) is 12.6. The normalized spacial score (nSPS) is 43.0. The maximum atomic E-state index is 12.4. The smallest absolute Gasteiger partial charge is 0.236 e. The van der Waals surface area contributed by atoms with Gasteiger partial charge >= 0.3 is 0 Å². The van der Waals surface area contributed by atoms with Crippen molar-refractivity contribution in [3.8, 4) is 0 Å². The lowest BCUT2D eigenvalue weighted by Crippen LogP contribution is -2.60. The van der Waals surface area contributed by atoms with Gasteiger partial charge in [-0.1, -0.05) is 0 Å². The lowest BCUT2D eigenvalue weighted by atomic mass is 9.53. The molecule has 1 heterocycles. The molecule has 0 aromatic rings. The molecule has 0 aromatic heterocycles. The third kappa shape index (κ3) is 2.38. The zero-order valence-electron chi connectivity index (χ0n) is 12.6. The van der Waals surface area contributed by atoms with Crippen LogP contribution in [0.4, 0.5) is 0 Å². The Bertz CT molecular complexity index is 351. The molecular weight excluding hydrogens is 248 g/mol. The van der Waals surface area contributed by atoms with Gasteiger partial charge in [0.05, 0.1) is 6.54 Å². The highest BCUT2D eigenvalue weighted by Crippen LogP contribution is 2.55. The van der Waals surface area contributed by atoms with Gasteiger partial charge in [-0.25, -0.2) is 0 Å². The van der Waals surface area contributed by atoms with Gasteiger partial charge in [-0.05, 0) is 75.5 Å². The molecule has 20 heavy (non-hydrogen) atoms. The van der Waals surface area contributed by atoms with E-state index in [1.807, 2.05) is 0 Å². The van der Waals surface area contributed by atoms with Crippen molar-refractivity contribution in [2.45, 2.75) is 63.3 Å². The van der Waals surface area contributed by atoms with Gasteiger partial charge in [-0.2, -0.15) is 0 Å². The fourth-order valence-corrected chi connectivity index (χ4v) is 5.85. The second kappa shape index (κ2) is 5.01. The minimum absolute atomic E-state index is 0.334. The van der Waals surface area contributed by atoms with Crippen LogP contribution < -0.4 is 5.32 Å². The summed E-state index contributed by atoms with van der Waals surface area (Å²) >= 11 is 0. The Morgan fingerprint density at radius 1 is 0.950 bits per heavy atom. The van der Waals surface area contributed by atoms with E-state index in [0.717, 1.165) is 30.8 Å². The molecule has 0 aromatic carbocycles. The average molecular weight is 276 g/mol.